The largest absolute Gasteiger partial charge is 0.340 e. The Morgan fingerprint density at radius 1 is 1.07 bits per heavy atom. The zero-order valence-corrected chi connectivity index (χ0v) is 16.1. The summed E-state index contributed by atoms with van der Waals surface area (Å²) in [5, 5.41) is 0. The van der Waals surface area contributed by atoms with Gasteiger partial charge in [-0.2, -0.15) is 0 Å². The molecule has 0 N–H and O–H groups in total. The van der Waals surface area contributed by atoms with Crippen LogP contribution in [0.5, 0.6) is 0 Å². The second kappa shape index (κ2) is 7.63. The van der Waals surface area contributed by atoms with Crippen molar-refractivity contribution in [2.45, 2.75) is 33.1 Å². The first-order valence-electron chi connectivity index (χ1n) is 9.96. The zero-order chi connectivity index (χ0) is 18.8. The Balaban J connectivity index is 1.54. The predicted molar refractivity (Wildman–Crippen MR) is 109 cm³/mol. The van der Waals surface area contributed by atoms with E-state index >= 15 is 0 Å². The number of Topliss-reactive ketones (excluding diaryl/α,β-unsaturated/α-hetero) is 1. The number of allylic oxidation sites excluding steroid dienone is 1. The number of fused-ring (bicyclic) bond motifs is 1. The average Bonchev–Trinajstić information content (AvgIpc) is 2.66. The van der Waals surface area contributed by atoms with E-state index in [1.54, 1.807) is 6.20 Å². The molecule has 1 saturated heterocycles. The van der Waals surface area contributed by atoms with E-state index in [1.165, 1.54) is 6.42 Å². The van der Waals surface area contributed by atoms with Gasteiger partial charge in [-0.1, -0.05) is 56.3 Å². The van der Waals surface area contributed by atoms with Crippen LogP contribution in [0.25, 0.3) is 6.08 Å². The summed E-state index contributed by atoms with van der Waals surface area (Å²) < 4.78 is 0. The molecule has 0 spiro atoms. The Morgan fingerprint density at radius 2 is 1.81 bits per heavy atom. The lowest BCUT2D eigenvalue weighted by atomic mass is 9.86. The van der Waals surface area contributed by atoms with Crippen LogP contribution in [0.4, 0.5) is 5.95 Å². The molecule has 1 aliphatic heterocycles. The van der Waals surface area contributed by atoms with E-state index in [9.17, 15) is 4.79 Å². The third-order valence-electron chi connectivity index (χ3n) is 5.57. The van der Waals surface area contributed by atoms with Gasteiger partial charge in [-0.25, -0.2) is 9.97 Å². The van der Waals surface area contributed by atoms with Gasteiger partial charge < -0.3 is 4.90 Å². The van der Waals surface area contributed by atoms with Gasteiger partial charge in [-0.3, -0.25) is 4.79 Å². The lowest BCUT2D eigenvalue weighted by molar-refractivity contribution is 0.0957. The van der Waals surface area contributed by atoms with Crippen LogP contribution < -0.4 is 4.90 Å². The van der Waals surface area contributed by atoms with E-state index in [0.717, 1.165) is 36.7 Å². The minimum Gasteiger partial charge on any atom is -0.340 e. The van der Waals surface area contributed by atoms with Crippen LogP contribution in [-0.2, 0) is 6.42 Å². The van der Waals surface area contributed by atoms with Crippen LogP contribution in [-0.4, -0.2) is 28.8 Å². The van der Waals surface area contributed by atoms with Gasteiger partial charge in [-0.15, -0.1) is 0 Å². The van der Waals surface area contributed by atoms with Crippen molar-refractivity contribution >= 4 is 17.8 Å². The minimum absolute atomic E-state index is 0.158. The Kier molecular flexibility index (Phi) is 5.06. The summed E-state index contributed by atoms with van der Waals surface area (Å²) in [6.07, 6.45) is 8.62. The number of nitrogens with zero attached hydrogens (tertiary/aromatic N) is 3. The number of benzene rings is 1. The van der Waals surface area contributed by atoms with Crippen molar-refractivity contribution in [1.29, 1.82) is 0 Å². The smallest absolute Gasteiger partial charge is 0.225 e. The molecule has 0 amide bonds. The highest BCUT2D eigenvalue weighted by Crippen LogP contribution is 2.29. The monoisotopic (exact) mass is 361 g/mol. The van der Waals surface area contributed by atoms with Crippen LogP contribution in [0.15, 0.2) is 42.6 Å². The van der Waals surface area contributed by atoms with E-state index in [4.69, 9.17) is 4.98 Å². The summed E-state index contributed by atoms with van der Waals surface area (Å²) >= 11 is 0. The van der Waals surface area contributed by atoms with Crippen molar-refractivity contribution in [2.75, 3.05) is 18.0 Å². The first-order valence-corrected chi connectivity index (χ1v) is 9.96. The summed E-state index contributed by atoms with van der Waals surface area (Å²) in [6, 6.07) is 10.2. The maximum absolute atomic E-state index is 12.6. The van der Waals surface area contributed by atoms with Crippen molar-refractivity contribution in [3.05, 3.63) is 59.4 Å². The van der Waals surface area contributed by atoms with Crippen molar-refractivity contribution < 1.29 is 4.79 Å². The number of carbonyl (C=O) groups excluding carboxylic acids is 1. The van der Waals surface area contributed by atoms with E-state index in [-0.39, 0.29) is 11.7 Å². The molecule has 1 aromatic heterocycles. The Morgan fingerprint density at radius 3 is 2.56 bits per heavy atom. The normalized spacial score (nSPS) is 25.6. The third-order valence-corrected chi connectivity index (χ3v) is 5.57. The number of carbonyl (C=O) groups is 1. The van der Waals surface area contributed by atoms with Crippen molar-refractivity contribution in [3.63, 3.8) is 0 Å². The molecule has 1 aromatic carbocycles. The molecule has 4 nitrogen and oxygen atoms in total. The van der Waals surface area contributed by atoms with Crippen LogP contribution in [0.2, 0.25) is 0 Å². The standard InChI is InChI=1S/C23H27N3O/c1-16-10-17(2)15-26(14-16)23-24-13-20-21(25-23)11-19(12-22(20)27)9-8-18-6-4-3-5-7-18/h3-9,13,16-17,19H,10-12,14-15H2,1-2H3/b9-8+/t16-,17-,19+/m1/s1. The molecule has 4 heteroatoms. The highest BCUT2D eigenvalue weighted by molar-refractivity contribution is 5.98. The molecule has 2 aromatic rings. The van der Waals surface area contributed by atoms with Gasteiger partial charge in [0, 0.05) is 25.7 Å². The van der Waals surface area contributed by atoms with Crippen molar-refractivity contribution in [3.8, 4) is 0 Å². The molecule has 0 bridgehead atoms. The SMILES string of the molecule is C[C@@H]1C[C@@H](C)CN(c2ncc3c(n2)C[C@H](/C=C/c2ccccc2)CC3=O)C1. The molecule has 140 valence electrons. The number of ketones is 1. The third kappa shape index (κ3) is 4.10. The van der Waals surface area contributed by atoms with E-state index in [2.05, 4.69) is 48.0 Å². The zero-order valence-electron chi connectivity index (χ0n) is 16.1. The number of hydrogen-bond acceptors (Lipinski definition) is 4. The number of hydrogen-bond donors (Lipinski definition) is 0. The molecule has 0 unspecified atom stereocenters. The van der Waals surface area contributed by atoms with Crippen LogP contribution >= 0.6 is 0 Å². The summed E-state index contributed by atoms with van der Waals surface area (Å²) in [7, 11) is 0. The van der Waals surface area contributed by atoms with Crippen molar-refractivity contribution in [2.24, 2.45) is 17.8 Å². The van der Waals surface area contributed by atoms with E-state index in [0.29, 0.717) is 23.8 Å². The molecular weight excluding hydrogens is 334 g/mol. The maximum Gasteiger partial charge on any atom is 0.225 e. The van der Waals surface area contributed by atoms with Crippen LogP contribution in [0, 0.1) is 17.8 Å². The molecule has 0 radical (unpaired) electrons. The Hall–Kier alpha value is -2.49. The number of piperidine rings is 1. The highest BCUT2D eigenvalue weighted by Gasteiger charge is 2.28. The fourth-order valence-corrected chi connectivity index (χ4v) is 4.39. The van der Waals surface area contributed by atoms with Gasteiger partial charge in [0.2, 0.25) is 5.95 Å². The van der Waals surface area contributed by atoms with E-state index < -0.39 is 0 Å². The first-order chi connectivity index (χ1) is 13.1. The molecule has 2 aliphatic rings. The van der Waals surface area contributed by atoms with Gasteiger partial charge >= 0.3 is 0 Å². The van der Waals surface area contributed by atoms with Gasteiger partial charge in [0.25, 0.3) is 0 Å². The summed E-state index contributed by atoms with van der Waals surface area (Å²) in [5.41, 5.74) is 2.78. The fourth-order valence-electron chi connectivity index (χ4n) is 4.39. The summed E-state index contributed by atoms with van der Waals surface area (Å²) in [4.78, 5) is 24.2. The second-order valence-corrected chi connectivity index (χ2v) is 8.24. The molecule has 3 atom stereocenters. The van der Waals surface area contributed by atoms with Gasteiger partial charge in [0.1, 0.15) is 0 Å². The number of anilines is 1. The molecule has 1 fully saturated rings. The Bertz CT molecular complexity index is 836. The summed E-state index contributed by atoms with van der Waals surface area (Å²) in [6.45, 7) is 6.56. The van der Waals surface area contributed by atoms with E-state index in [1.807, 2.05) is 18.2 Å². The van der Waals surface area contributed by atoms with Gasteiger partial charge in [0.15, 0.2) is 5.78 Å². The quantitative estimate of drug-likeness (QED) is 0.812. The van der Waals surface area contributed by atoms with Crippen molar-refractivity contribution in [1.82, 2.24) is 9.97 Å². The van der Waals surface area contributed by atoms with Crippen LogP contribution in [0.1, 0.15) is 48.3 Å². The molecular formula is C23H27N3O. The Labute approximate surface area is 161 Å². The van der Waals surface area contributed by atoms with Crippen LogP contribution in [0.3, 0.4) is 0 Å². The first kappa shape index (κ1) is 17.9. The molecule has 2 heterocycles. The topological polar surface area (TPSA) is 46.1 Å². The fraction of sp³-hybridized carbons (Fsp3) is 0.435. The average molecular weight is 361 g/mol. The lowest BCUT2D eigenvalue weighted by Gasteiger charge is -2.35. The highest BCUT2D eigenvalue weighted by atomic mass is 16.1. The molecule has 4 rings (SSSR count). The van der Waals surface area contributed by atoms with Gasteiger partial charge in [-0.05, 0) is 36.2 Å². The minimum atomic E-state index is 0.158. The molecule has 27 heavy (non-hydrogen) atoms. The van der Waals surface area contributed by atoms with Gasteiger partial charge in [0.05, 0.1) is 11.3 Å². The molecule has 0 saturated carbocycles. The maximum atomic E-state index is 12.6. The summed E-state index contributed by atoms with van der Waals surface area (Å²) in [5.74, 6) is 2.44. The second-order valence-electron chi connectivity index (χ2n) is 8.24. The number of rotatable bonds is 3. The predicted octanol–water partition coefficient (Wildman–Crippen LogP) is 4.42. The molecule has 1 aliphatic carbocycles. The number of aromatic nitrogens is 2. The lowest BCUT2D eigenvalue weighted by Crippen LogP contribution is -2.40.